The van der Waals surface area contributed by atoms with Gasteiger partial charge in [0.2, 0.25) is 0 Å². The molecule has 0 amide bonds. The van der Waals surface area contributed by atoms with Crippen molar-refractivity contribution in [2.24, 2.45) is 0 Å². The predicted octanol–water partition coefficient (Wildman–Crippen LogP) is 3.23. The van der Waals surface area contributed by atoms with Crippen molar-refractivity contribution in [3.05, 3.63) is 65.2 Å². The minimum Gasteiger partial charge on any atom is -0.497 e. The minimum atomic E-state index is 0.543. The molecule has 1 heterocycles. The maximum absolute atomic E-state index is 5.19. The van der Waals surface area contributed by atoms with Gasteiger partial charge in [-0.2, -0.15) is 0 Å². The van der Waals surface area contributed by atoms with Crippen LogP contribution in [-0.4, -0.2) is 31.1 Å². The Morgan fingerprint density at radius 2 is 1.83 bits per heavy atom. The predicted molar refractivity (Wildman–Crippen MR) is 94.7 cm³/mol. The summed E-state index contributed by atoms with van der Waals surface area (Å²) in [6.07, 6.45) is 1.17. The summed E-state index contributed by atoms with van der Waals surface area (Å²) in [4.78, 5) is 2.57. The van der Waals surface area contributed by atoms with Crippen molar-refractivity contribution in [2.45, 2.75) is 32.5 Å². The second-order valence-corrected chi connectivity index (χ2v) is 6.32. The molecule has 0 spiro atoms. The van der Waals surface area contributed by atoms with Crippen molar-refractivity contribution in [1.82, 2.24) is 10.2 Å². The summed E-state index contributed by atoms with van der Waals surface area (Å²) in [5.41, 5.74) is 4.30. The Kier molecular flexibility index (Phi) is 5.31. The number of rotatable bonds is 6. The second-order valence-electron chi connectivity index (χ2n) is 6.32. The van der Waals surface area contributed by atoms with E-state index in [4.69, 9.17) is 4.74 Å². The molecule has 3 heteroatoms. The van der Waals surface area contributed by atoms with E-state index in [2.05, 4.69) is 53.5 Å². The third kappa shape index (κ3) is 4.12. The molecule has 1 atom stereocenters. The lowest BCUT2D eigenvalue weighted by atomic mass is 9.99. The number of hydrogen-bond donors (Lipinski definition) is 1. The first-order valence-electron chi connectivity index (χ1n) is 8.41. The van der Waals surface area contributed by atoms with Gasteiger partial charge < -0.3 is 10.1 Å². The van der Waals surface area contributed by atoms with Gasteiger partial charge in [-0.15, -0.1) is 0 Å². The minimum absolute atomic E-state index is 0.543. The van der Waals surface area contributed by atoms with Crippen molar-refractivity contribution in [1.29, 1.82) is 0 Å². The quantitative estimate of drug-likeness (QED) is 0.886. The Morgan fingerprint density at radius 1 is 1.09 bits per heavy atom. The van der Waals surface area contributed by atoms with E-state index < -0.39 is 0 Å². The molecule has 2 aromatic carbocycles. The van der Waals surface area contributed by atoms with Crippen molar-refractivity contribution >= 4 is 0 Å². The topological polar surface area (TPSA) is 24.5 Å². The molecule has 0 fully saturated rings. The van der Waals surface area contributed by atoms with Crippen LogP contribution in [0.4, 0.5) is 0 Å². The van der Waals surface area contributed by atoms with E-state index >= 15 is 0 Å². The van der Waals surface area contributed by atoms with Gasteiger partial charge >= 0.3 is 0 Å². The molecule has 3 rings (SSSR count). The van der Waals surface area contributed by atoms with Gasteiger partial charge in [-0.1, -0.05) is 36.4 Å². The van der Waals surface area contributed by atoms with Gasteiger partial charge in [0.05, 0.1) is 7.11 Å². The average Bonchev–Trinajstić information content (AvgIpc) is 2.61. The molecule has 1 aliphatic heterocycles. The molecule has 0 aromatic heterocycles. The number of hydrogen-bond acceptors (Lipinski definition) is 3. The molecule has 2 aromatic rings. The largest absolute Gasteiger partial charge is 0.497 e. The standard InChI is InChI=1S/C20H26N2O/c1-16(13-21-14-17-7-9-20(23-2)10-8-17)22-12-11-18-5-3-4-6-19(18)15-22/h3-10,16,21H,11-15H2,1-2H3. The first-order valence-corrected chi connectivity index (χ1v) is 8.41. The van der Waals surface area contributed by atoms with Crippen LogP contribution in [0.15, 0.2) is 48.5 Å². The lowest BCUT2D eigenvalue weighted by molar-refractivity contribution is 0.186. The SMILES string of the molecule is COc1ccc(CNCC(C)N2CCc3ccccc3C2)cc1. The second kappa shape index (κ2) is 7.62. The van der Waals surface area contributed by atoms with Crippen molar-refractivity contribution < 1.29 is 4.74 Å². The van der Waals surface area contributed by atoms with Crippen LogP contribution in [0.1, 0.15) is 23.6 Å². The van der Waals surface area contributed by atoms with E-state index in [1.807, 2.05) is 12.1 Å². The third-order valence-electron chi connectivity index (χ3n) is 4.71. The molecule has 23 heavy (non-hydrogen) atoms. The Hall–Kier alpha value is -1.84. The molecule has 1 N–H and O–H groups in total. The number of nitrogens with one attached hydrogen (secondary N) is 1. The van der Waals surface area contributed by atoms with Crippen LogP contribution in [0.3, 0.4) is 0 Å². The summed E-state index contributed by atoms with van der Waals surface area (Å²) < 4.78 is 5.19. The Labute approximate surface area is 139 Å². The van der Waals surface area contributed by atoms with E-state index in [0.29, 0.717) is 6.04 Å². The first-order chi connectivity index (χ1) is 11.3. The fourth-order valence-corrected chi connectivity index (χ4v) is 3.19. The van der Waals surface area contributed by atoms with Gasteiger partial charge in [-0.3, -0.25) is 4.90 Å². The van der Waals surface area contributed by atoms with E-state index in [9.17, 15) is 0 Å². The van der Waals surface area contributed by atoms with Crippen molar-refractivity contribution in [3.8, 4) is 5.75 Å². The smallest absolute Gasteiger partial charge is 0.118 e. The Balaban J connectivity index is 1.47. The summed E-state index contributed by atoms with van der Waals surface area (Å²) in [6, 6.07) is 17.6. The van der Waals surface area contributed by atoms with Gasteiger partial charge in [-0.05, 0) is 42.2 Å². The molecule has 122 valence electrons. The highest BCUT2D eigenvalue weighted by atomic mass is 16.5. The molecule has 3 nitrogen and oxygen atoms in total. The van der Waals surface area contributed by atoms with Crippen LogP contribution in [0.5, 0.6) is 5.75 Å². The molecular formula is C20H26N2O. The van der Waals surface area contributed by atoms with E-state index in [-0.39, 0.29) is 0 Å². The van der Waals surface area contributed by atoms with E-state index in [1.54, 1.807) is 7.11 Å². The molecule has 0 saturated heterocycles. The van der Waals surface area contributed by atoms with E-state index in [0.717, 1.165) is 31.9 Å². The maximum atomic E-state index is 5.19. The maximum Gasteiger partial charge on any atom is 0.118 e. The number of nitrogens with zero attached hydrogens (tertiary/aromatic N) is 1. The zero-order valence-electron chi connectivity index (χ0n) is 14.1. The molecule has 1 unspecified atom stereocenters. The summed E-state index contributed by atoms with van der Waals surface area (Å²) in [5.74, 6) is 0.911. The highest BCUT2D eigenvalue weighted by molar-refractivity contribution is 5.29. The molecule has 1 aliphatic rings. The van der Waals surface area contributed by atoms with E-state index in [1.165, 1.54) is 23.1 Å². The van der Waals surface area contributed by atoms with Crippen molar-refractivity contribution in [3.63, 3.8) is 0 Å². The summed E-state index contributed by atoms with van der Waals surface area (Å²) in [7, 11) is 1.70. The number of ether oxygens (including phenoxy) is 1. The number of benzene rings is 2. The van der Waals surface area contributed by atoms with Gasteiger partial charge in [0.1, 0.15) is 5.75 Å². The van der Waals surface area contributed by atoms with Crippen LogP contribution < -0.4 is 10.1 Å². The average molecular weight is 310 g/mol. The fourth-order valence-electron chi connectivity index (χ4n) is 3.19. The Bertz CT molecular complexity index is 624. The van der Waals surface area contributed by atoms with Crippen molar-refractivity contribution in [2.75, 3.05) is 20.2 Å². The number of fused-ring (bicyclic) bond motifs is 1. The number of methoxy groups -OCH3 is 1. The van der Waals surface area contributed by atoms with Gasteiger partial charge in [0.25, 0.3) is 0 Å². The monoisotopic (exact) mass is 310 g/mol. The summed E-state index contributed by atoms with van der Waals surface area (Å²) in [6.45, 7) is 6.45. The van der Waals surface area contributed by atoms with Crippen LogP contribution in [0.25, 0.3) is 0 Å². The normalized spacial score (nSPS) is 15.9. The van der Waals surface area contributed by atoms with Crippen LogP contribution in [0, 0.1) is 0 Å². The molecular weight excluding hydrogens is 284 g/mol. The van der Waals surface area contributed by atoms with Crippen LogP contribution >= 0.6 is 0 Å². The van der Waals surface area contributed by atoms with Gasteiger partial charge in [-0.25, -0.2) is 0 Å². The van der Waals surface area contributed by atoms with Crippen LogP contribution in [0.2, 0.25) is 0 Å². The van der Waals surface area contributed by atoms with Crippen LogP contribution in [-0.2, 0) is 19.5 Å². The lowest BCUT2D eigenvalue weighted by Crippen LogP contribution is -2.42. The summed E-state index contributed by atoms with van der Waals surface area (Å²) in [5, 5.41) is 3.58. The highest BCUT2D eigenvalue weighted by Crippen LogP contribution is 2.20. The first kappa shape index (κ1) is 16.0. The zero-order valence-corrected chi connectivity index (χ0v) is 14.1. The Morgan fingerprint density at radius 3 is 2.57 bits per heavy atom. The third-order valence-corrected chi connectivity index (χ3v) is 4.71. The highest BCUT2D eigenvalue weighted by Gasteiger charge is 2.19. The summed E-state index contributed by atoms with van der Waals surface area (Å²) >= 11 is 0. The fraction of sp³-hybridized carbons (Fsp3) is 0.400. The molecule has 0 aliphatic carbocycles. The molecule has 0 radical (unpaired) electrons. The van der Waals surface area contributed by atoms with Gasteiger partial charge in [0.15, 0.2) is 0 Å². The zero-order chi connectivity index (χ0) is 16.1. The molecule has 0 saturated carbocycles. The molecule has 0 bridgehead atoms. The van der Waals surface area contributed by atoms with Gasteiger partial charge in [0, 0.05) is 32.2 Å². The lowest BCUT2D eigenvalue weighted by Gasteiger charge is -2.33.